The Hall–Kier alpha value is -0.580. The van der Waals surface area contributed by atoms with Gasteiger partial charge in [-0.3, -0.25) is 4.79 Å². The summed E-state index contributed by atoms with van der Waals surface area (Å²) in [4.78, 5) is 11.3. The molecular formula is C13H17IO2. The van der Waals surface area contributed by atoms with Crippen LogP contribution in [-0.4, -0.2) is 10.9 Å². The normalized spacial score (nSPS) is 11.3. The van der Waals surface area contributed by atoms with E-state index in [1.165, 1.54) is 5.56 Å². The SMILES string of the molecule is COc1cc(CC(C)(C)C)ccc1C(=O)I. The summed E-state index contributed by atoms with van der Waals surface area (Å²) in [6, 6.07) is 5.80. The van der Waals surface area contributed by atoms with Crippen molar-refractivity contribution < 1.29 is 9.53 Å². The van der Waals surface area contributed by atoms with E-state index in [1.807, 2.05) is 18.2 Å². The van der Waals surface area contributed by atoms with E-state index < -0.39 is 0 Å². The Kier molecular flexibility index (Phi) is 4.35. The number of ether oxygens (including phenoxy) is 1. The molecule has 3 heteroatoms. The molecule has 0 radical (unpaired) electrons. The Labute approximate surface area is 111 Å². The van der Waals surface area contributed by atoms with Crippen molar-refractivity contribution in [1.29, 1.82) is 0 Å². The van der Waals surface area contributed by atoms with E-state index in [4.69, 9.17) is 4.74 Å². The number of halogens is 1. The zero-order chi connectivity index (χ0) is 12.3. The van der Waals surface area contributed by atoms with E-state index in [2.05, 4.69) is 20.8 Å². The van der Waals surface area contributed by atoms with E-state index >= 15 is 0 Å². The second-order valence-electron chi connectivity index (χ2n) is 5.05. The van der Waals surface area contributed by atoms with Crippen LogP contribution < -0.4 is 4.74 Å². The number of hydrogen-bond acceptors (Lipinski definition) is 2. The van der Waals surface area contributed by atoms with Gasteiger partial charge in [-0.25, -0.2) is 0 Å². The second-order valence-corrected chi connectivity index (χ2v) is 6.03. The highest BCUT2D eigenvalue weighted by Gasteiger charge is 2.14. The smallest absolute Gasteiger partial charge is 0.226 e. The first-order valence-corrected chi connectivity index (χ1v) is 6.28. The molecule has 16 heavy (non-hydrogen) atoms. The summed E-state index contributed by atoms with van der Waals surface area (Å²) in [5, 5.41) is 0. The lowest BCUT2D eigenvalue weighted by Crippen LogP contribution is -2.09. The number of hydrogen-bond donors (Lipinski definition) is 0. The van der Waals surface area contributed by atoms with Crippen LogP contribution in [0.5, 0.6) is 5.75 Å². The molecule has 0 aliphatic carbocycles. The molecule has 0 aromatic heterocycles. The number of methoxy groups -OCH3 is 1. The highest BCUT2D eigenvalue weighted by molar-refractivity contribution is 14.1. The largest absolute Gasteiger partial charge is 0.496 e. The second kappa shape index (κ2) is 5.17. The third kappa shape index (κ3) is 3.77. The Morgan fingerprint density at radius 2 is 2.00 bits per heavy atom. The van der Waals surface area contributed by atoms with Crippen LogP contribution >= 0.6 is 22.6 Å². The number of benzene rings is 1. The molecule has 1 rings (SSSR count). The van der Waals surface area contributed by atoms with E-state index in [0.29, 0.717) is 11.3 Å². The van der Waals surface area contributed by atoms with Crippen molar-refractivity contribution in [2.75, 3.05) is 7.11 Å². The Morgan fingerprint density at radius 3 is 2.44 bits per heavy atom. The average Bonchev–Trinajstić information content (AvgIpc) is 2.14. The van der Waals surface area contributed by atoms with E-state index in [1.54, 1.807) is 29.7 Å². The molecule has 0 heterocycles. The predicted octanol–water partition coefficient (Wildman–Crippen LogP) is 3.86. The Morgan fingerprint density at radius 1 is 1.38 bits per heavy atom. The lowest BCUT2D eigenvalue weighted by Gasteiger charge is -2.18. The maximum Gasteiger partial charge on any atom is 0.226 e. The van der Waals surface area contributed by atoms with Crippen molar-refractivity contribution in [3.05, 3.63) is 29.3 Å². The molecule has 0 aliphatic rings. The molecule has 0 saturated carbocycles. The van der Waals surface area contributed by atoms with Crippen LogP contribution in [0.1, 0.15) is 36.7 Å². The summed E-state index contributed by atoms with van der Waals surface area (Å²) < 4.78 is 5.25. The molecule has 0 aliphatic heterocycles. The monoisotopic (exact) mass is 332 g/mol. The molecule has 0 unspecified atom stereocenters. The standard InChI is InChI=1S/C13H17IO2/c1-13(2,3)8-9-5-6-10(12(14)15)11(7-9)16-4/h5-7H,8H2,1-4H3. The van der Waals surface area contributed by atoms with Gasteiger partial charge >= 0.3 is 0 Å². The third-order valence-corrected chi connectivity index (χ3v) is 2.79. The maximum absolute atomic E-state index is 11.3. The highest BCUT2D eigenvalue weighted by atomic mass is 127. The molecule has 0 N–H and O–H groups in total. The first kappa shape index (κ1) is 13.5. The zero-order valence-corrected chi connectivity index (χ0v) is 12.3. The van der Waals surface area contributed by atoms with Crippen LogP contribution in [0.3, 0.4) is 0 Å². The number of carbonyl (C=O) groups excluding carboxylic acids is 1. The van der Waals surface area contributed by atoms with Gasteiger partial charge in [0.15, 0.2) is 0 Å². The van der Waals surface area contributed by atoms with E-state index in [0.717, 1.165) is 6.42 Å². The molecule has 0 fully saturated rings. The molecule has 0 bridgehead atoms. The van der Waals surface area contributed by atoms with Gasteiger partial charge in [0.05, 0.1) is 12.7 Å². The first-order valence-electron chi connectivity index (χ1n) is 5.20. The van der Waals surface area contributed by atoms with Gasteiger partial charge in [-0.15, -0.1) is 0 Å². The van der Waals surface area contributed by atoms with Crippen LogP contribution in [0.25, 0.3) is 0 Å². The fourth-order valence-corrected chi connectivity index (χ4v) is 2.07. The number of carbonyl (C=O) groups is 1. The number of rotatable bonds is 3. The van der Waals surface area contributed by atoms with Gasteiger partial charge in [0, 0.05) is 22.6 Å². The minimum atomic E-state index is 0.0109. The first-order chi connectivity index (χ1) is 7.33. The van der Waals surface area contributed by atoms with Crippen molar-refractivity contribution in [3.8, 4) is 5.75 Å². The fourth-order valence-electron chi connectivity index (χ4n) is 1.62. The maximum atomic E-state index is 11.3. The van der Waals surface area contributed by atoms with Gasteiger partial charge in [-0.05, 0) is 29.5 Å². The van der Waals surface area contributed by atoms with Crippen molar-refractivity contribution in [2.45, 2.75) is 27.2 Å². The highest BCUT2D eigenvalue weighted by Crippen LogP contribution is 2.27. The van der Waals surface area contributed by atoms with Crippen LogP contribution in [-0.2, 0) is 6.42 Å². The van der Waals surface area contributed by atoms with Crippen molar-refractivity contribution in [2.24, 2.45) is 5.41 Å². The van der Waals surface area contributed by atoms with Crippen molar-refractivity contribution in [3.63, 3.8) is 0 Å². The van der Waals surface area contributed by atoms with Gasteiger partial charge < -0.3 is 4.74 Å². The summed E-state index contributed by atoms with van der Waals surface area (Å²) in [5.41, 5.74) is 2.08. The summed E-state index contributed by atoms with van der Waals surface area (Å²) in [6.45, 7) is 6.57. The van der Waals surface area contributed by atoms with Gasteiger partial charge in [0.25, 0.3) is 0 Å². The summed E-state index contributed by atoms with van der Waals surface area (Å²) in [7, 11) is 1.60. The van der Waals surface area contributed by atoms with Gasteiger partial charge in [-0.1, -0.05) is 26.8 Å². The van der Waals surface area contributed by atoms with Crippen LogP contribution in [0.15, 0.2) is 18.2 Å². The van der Waals surface area contributed by atoms with Gasteiger partial charge in [0.1, 0.15) is 5.75 Å². The molecule has 0 atom stereocenters. The minimum absolute atomic E-state index is 0.0109. The molecular weight excluding hydrogens is 315 g/mol. The molecule has 0 amide bonds. The Bertz CT molecular complexity index is 391. The Balaban J connectivity index is 3.05. The van der Waals surface area contributed by atoms with Gasteiger partial charge in [0.2, 0.25) is 3.79 Å². The van der Waals surface area contributed by atoms with Crippen LogP contribution in [0.4, 0.5) is 0 Å². The zero-order valence-electron chi connectivity index (χ0n) is 10.1. The molecule has 88 valence electrons. The van der Waals surface area contributed by atoms with E-state index in [9.17, 15) is 4.79 Å². The van der Waals surface area contributed by atoms with E-state index in [-0.39, 0.29) is 9.20 Å². The van der Waals surface area contributed by atoms with Crippen LogP contribution in [0, 0.1) is 5.41 Å². The van der Waals surface area contributed by atoms with Gasteiger partial charge in [-0.2, -0.15) is 0 Å². The van der Waals surface area contributed by atoms with Crippen LogP contribution in [0.2, 0.25) is 0 Å². The summed E-state index contributed by atoms with van der Waals surface area (Å²) in [5.74, 6) is 0.668. The average molecular weight is 332 g/mol. The predicted molar refractivity (Wildman–Crippen MR) is 74.5 cm³/mol. The summed E-state index contributed by atoms with van der Waals surface area (Å²) in [6.07, 6.45) is 0.971. The lowest BCUT2D eigenvalue weighted by atomic mass is 9.88. The topological polar surface area (TPSA) is 26.3 Å². The summed E-state index contributed by atoms with van der Waals surface area (Å²) >= 11 is 1.78. The molecule has 0 spiro atoms. The molecule has 1 aromatic carbocycles. The molecule has 0 saturated heterocycles. The third-order valence-electron chi connectivity index (χ3n) is 2.21. The molecule has 1 aromatic rings. The van der Waals surface area contributed by atoms with Crippen molar-refractivity contribution >= 4 is 26.4 Å². The fraction of sp³-hybridized carbons (Fsp3) is 0.462. The van der Waals surface area contributed by atoms with Crippen molar-refractivity contribution in [1.82, 2.24) is 0 Å². The molecule has 2 nitrogen and oxygen atoms in total. The minimum Gasteiger partial charge on any atom is -0.496 e. The lowest BCUT2D eigenvalue weighted by molar-refractivity contribution is 0.110. The quantitative estimate of drug-likeness (QED) is 0.621.